The summed E-state index contributed by atoms with van der Waals surface area (Å²) >= 11 is 7.24. The summed E-state index contributed by atoms with van der Waals surface area (Å²) in [6.07, 6.45) is 7.38. The van der Waals surface area contributed by atoms with Crippen LogP contribution in [0, 0.1) is 0 Å². The molecule has 3 atom stereocenters. The molecule has 1 fully saturated rings. The van der Waals surface area contributed by atoms with Crippen molar-refractivity contribution in [2.24, 2.45) is 0 Å². The molecule has 46 heavy (non-hydrogen) atoms. The highest BCUT2D eigenvalue weighted by Crippen LogP contribution is 2.38. The molecule has 4 rings (SSSR count). The number of hydrogen-bond donors (Lipinski definition) is 0. The molecule has 3 aromatic carbocycles. The van der Waals surface area contributed by atoms with E-state index in [0.29, 0.717) is 4.32 Å². The van der Waals surface area contributed by atoms with E-state index in [1.54, 1.807) is 23.8 Å². The molecule has 0 radical (unpaired) electrons. The minimum Gasteiger partial charge on any atom is -0.401 e. The van der Waals surface area contributed by atoms with E-state index in [2.05, 4.69) is 107 Å². The SMILES string of the molecule is CCCC[C@@H](/C=C\[C@@H](CC(=O)N1C(=S)SC[C@@H]1Cc1ccccc1)OCOC)O[Si](c1ccccc1)(c1ccccc1)C(C)(C)C. The van der Waals surface area contributed by atoms with Gasteiger partial charge in [-0.2, -0.15) is 0 Å². The molecule has 0 N–H and O–H groups in total. The van der Waals surface area contributed by atoms with E-state index in [4.69, 9.17) is 26.1 Å². The van der Waals surface area contributed by atoms with E-state index < -0.39 is 14.4 Å². The largest absolute Gasteiger partial charge is 0.401 e. The Balaban J connectivity index is 1.62. The molecular weight excluding hydrogens is 627 g/mol. The molecule has 0 unspecified atom stereocenters. The second-order valence-corrected chi connectivity index (χ2v) is 18.8. The third kappa shape index (κ3) is 9.27. The van der Waals surface area contributed by atoms with E-state index in [1.807, 2.05) is 24.3 Å². The fourth-order valence-corrected chi connectivity index (χ4v) is 12.3. The molecule has 1 amide bonds. The average molecular weight is 676 g/mol. The first-order valence-corrected chi connectivity index (χ1v) is 19.6. The first-order valence-electron chi connectivity index (χ1n) is 16.3. The molecule has 3 aromatic rings. The second kappa shape index (κ2) is 17.5. The lowest BCUT2D eigenvalue weighted by molar-refractivity contribution is -0.132. The first-order chi connectivity index (χ1) is 22.2. The second-order valence-electron chi connectivity index (χ2n) is 12.8. The van der Waals surface area contributed by atoms with Gasteiger partial charge in [0.1, 0.15) is 11.1 Å². The van der Waals surface area contributed by atoms with Gasteiger partial charge in [0.05, 0.1) is 24.7 Å². The summed E-state index contributed by atoms with van der Waals surface area (Å²) in [5.41, 5.74) is 1.20. The Morgan fingerprint density at radius 1 is 0.957 bits per heavy atom. The Hall–Kier alpha value is -2.59. The standard InChI is InChI=1S/C38H49NO4S2Si/c1-6-7-19-32(43-46(38(2,3)4,34-20-13-9-14-21-34)35-22-15-10-16-23-35)24-25-33(42-29-41-5)27-36(40)39-31(28-45-37(39)44)26-30-17-11-8-12-18-30/h8-18,20-25,31-33H,6-7,19,26-29H2,1-5H3/b25-24-/t31-,32-,33-/m0/s1. The van der Waals surface area contributed by atoms with E-state index in [-0.39, 0.29) is 36.3 Å². The first kappa shape index (κ1) is 36.2. The molecule has 1 aliphatic rings. The Morgan fingerprint density at radius 3 is 2.07 bits per heavy atom. The van der Waals surface area contributed by atoms with Gasteiger partial charge >= 0.3 is 0 Å². The van der Waals surface area contributed by atoms with Crippen molar-refractivity contribution in [1.82, 2.24) is 4.90 Å². The number of methoxy groups -OCH3 is 1. The van der Waals surface area contributed by atoms with Gasteiger partial charge in [0.15, 0.2) is 0 Å². The van der Waals surface area contributed by atoms with Gasteiger partial charge in [-0.15, -0.1) is 0 Å². The van der Waals surface area contributed by atoms with Gasteiger partial charge in [-0.25, -0.2) is 0 Å². The van der Waals surface area contributed by atoms with E-state index >= 15 is 0 Å². The average Bonchev–Trinajstić information content (AvgIpc) is 3.43. The smallest absolute Gasteiger partial charge is 0.261 e. The summed E-state index contributed by atoms with van der Waals surface area (Å²) in [4.78, 5) is 15.6. The molecule has 246 valence electrons. The van der Waals surface area contributed by atoms with E-state index in [1.165, 1.54) is 15.9 Å². The van der Waals surface area contributed by atoms with Crippen LogP contribution in [0.1, 0.15) is 58.9 Å². The number of rotatable bonds is 16. The van der Waals surface area contributed by atoms with Gasteiger partial charge in [0, 0.05) is 12.9 Å². The van der Waals surface area contributed by atoms with Crippen molar-refractivity contribution in [1.29, 1.82) is 0 Å². The fraction of sp³-hybridized carbons (Fsp3) is 0.421. The highest BCUT2D eigenvalue weighted by Gasteiger charge is 2.51. The van der Waals surface area contributed by atoms with Gasteiger partial charge in [-0.1, -0.05) is 168 Å². The Bertz CT molecular complexity index is 1360. The molecule has 1 saturated heterocycles. The van der Waals surface area contributed by atoms with Crippen LogP contribution in [-0.4, -0.2) is 61.4 Å². The molecule has 0 aliphatic carbocycles. The van der Waals surface area contributed by atoms with E-state index in [0.717, 1.165) is 31.4 Å². The van der Waals surface area contributed by atoms with Crippen LogP contribution in [0.3, 0.4) is 0 Å². The Kier molecular flexibility index (Phi) is 13.8. The third-order valence-corrected chi connectivity index (χ3v) is 15.1. The number of unbranched alkanes of at least 4 members (excludes halogenated alkanes) is 1. The maximum absolute atomic E-state index is 13.8. The predicted molar refractivity (Wildman–Crippen MR) is 198 cm³/mol. The zero-order valence-electron chi connectivity index (χ0n) is 27.9. The molecule has 0 spiro atoms. The summed E-state index contributed by atoms with van der Waals surface area (Å²) in [6, 6.07) is 31.7. The molecule has 5 nitrogen and oxygen atoms in total. The highest BCUT2D eigenvalue weighted by molar-refractivity contribution is 8.23. The maximum atomic E-state index is 13.8. The van der Waals surface area contributed by atoms with Crippen molar-refractivity contribution in [3.63, 3.8) is 0 Å². The molecule has 0 bridgehead atoms. The number of thiocarbonyl (C=S) groups is 1. The lowest BCUT2D eigenvalue weighted by Crippen LogP contribution is -2.67. The lowest BCUT2D eigenvalue weighted by Gasteiger charge is -2.45. The Labute approximate surface area is 286 Å². The number of thioether (sulfide) groups is 1. The van der Waals surface area contributed by atoms with Crippen LogP contribution in [0.4, 0.5) is 0 Å². The van der Waals surface area contributed by atoms with Crippen LogP contribution < -0.4 is 10.4 Å². The minimum absolute atomic E-state index is 0.0234. The summed E-state index contributed by atoms with van der Waals surface area (Å²) in [5.74, 6) is 0.768. The minimum atomic E-state index is -2.78. The van der Waals surface area contributed by atoms with Crippen LogP contribution in [0.2, 0.25) is 5.04 Å². The van der Waals surface area contributed by atoms with Gasteiger partial charge in [0.2, 0.25) is 5.91 Å². The van der Waals surface area contributed by atoms with Crippen molar-refractivity contribution in [3.05, 3.63) is 109 Å². The summed E-state index contributed by atoms with van der Waals surface area (Å²) in [6.45, 7) is 9.18. The number of benzene rings is 3. The van der Waals surface area contributed by atoms with Crippen molar-refractivity contribution in [2.45, 2.75) is 83.1 Å². The normalized spacial score (nSPS) is 17.0. The number of ether oxygens (including phenoxy) is 2. The molecular formula is C38H49NO4S2Si. The molecule has 0 saturated carbocycles. The molecule has 1 heterocycles. The number of hydrogen-bond acceptors (Lipinski definition) is 6. The predicted octanol–water partition coefficient (Wildman–Crippen LogP) is 7.53. The van der Waals surface area contributed by atoms with Gasteiger partial charge in [-0.05, 0) is 33.8 Å². The van der Waals surface area contributed by atoms with Crippen LogP contribution in [0.15, 0.2) is 103 Å². The van der Waals surface area contributed by atoms with Crippen LogP contribution in [-0.2, 0) is 25.1 Å². The third-order valence-electron chi connectivity index (χ3n) is 8.45. The fourth-order valence-electron chi connectivity index (χ4n) is 6.18. The summed E-state index contributed by atoms with van der Waals surface area (Å²) in [7, 11) is -1.18. The molecule has 8 heteroatoms. The molecule has 0 aromatic heterocycles. The monoisotopic (exact) mass is 675 g/mol. The maximum Gasteiger partial charge on any atom is 0.261 e. The number of carbonyl (C=O) groups is 1. The van der Waals surface area contributed by atoms with Crippen molar-refractivity contribution in [2.75, 3.05) is 19.7 Å². The van der Waals surface area contributed by atoms with Gasteiger partial charge < -0.3 is 13.9 Å². The zero-order chi connectivity index (χ0) is 33.0. The van der Waals surface area contributed by atoms with Crippen molar-refractivity contribution in [3.8, 4) is 0 Å². The highest BCUT2D eigenvalue weighted by atomic mass is 32.2. The van der Waals surface area contributed by atoms with Crippen molar-refractivity contribution >= 4 is 52.9 Å². The number of amides is 1. The lowest BCUT2D eigenvalue weighted by atomic mass is 10.1. The summed E-state index contributed by atoms with van der Waals surface area (Å²) < 4.78 is 19.5. The molecule has 1 aliphatic heterocycles. The van der Waals surface area contributed by atoms with Crippen LogP contribution in [0.25, 0.3) is 0 Å². The van der Waals surface area contributed by atoms with E-state index in [9.17, 15) is 4.79 Å². The number of carbonyl (C=O) groups excluding carboxylic acids is 1. The number of nitrogens with zero attached hydrogens (tertiary/aromatic N) is 1. The van der Waals surface area contributed by atoms with Gasteiger partial charge in [0.25, 0.3) is 8.32 Å². The van der Waals surface area contributed by atoms with Crippen molar-refractivity contribution < 1.29 is 18.7 Å². The van der Waals surface area contributed by atoms with Crippen LogP contribution in [0.5, 0.6) is 0 Å². The van der Waals surface area contributed by atoms with Gasteiger partial charge in [-0.3, -0.25) is 9.69 Å². The summed E-state index contributed by atoms with van der Waals surface area (Å²) in [5, 5.41) is 2.35. The zero-order valence-corrected chi connectivity index (χ0v) is 30.5. The quantitative estimate of drug-likeness (QED) is 0.0678. The Morgan fingerprint density at radius 2 is 1.52 bits per heavy atom. The topological polar surface area (TPSA) is 48.0 Å². The van der Waals surface area contributed by atoms with Crippen LogP contribution >= 0.6 is 24.0 Å².